The average molecular weight is 264 g/mol. The highest BCUT2D eigenvalue weighted by Gasteiger charge is 2.17. The molecule has 0 aliphatic heterocycles. The number of hydrogen-bond donors (Lipinski definition) is 0. The molecule has 2 nitrogen and oxygen atoms in total. The van der Waals surface area contributed by atoms with E-state index in [1.165, 1.54) is 17.3 Å². The van der Waals surface area contributed by atoms with Gasteiger partial charge < -0.3 is 4.74 Å². The molecule has 0 radical (unpaired) electrons. The summed E-state index contributed by atoms with van der Waals surface area (Å²) in [6, 6.07) is 9.86. The number of benzene rings is 1. The first-order valence-corrected chi connectivity index (χ1v) is 6.92. The predicted octanol–water partition coefficient (Wildman–Crippen LogP) is 4.07. The molecule has 1 unspecified atom stereocenters. The minimum absolute atomic E-state index is 0.142. The number of carbonyl (C=O) groups excluding carboxylic acids is 1. The van der Waals surface area contributed by atoms with E-state index in [-0.39, 0.29) is 5.78 Å². The van der Waals surface area contributed by atoms with Gasteiger partial charge in [0, 0.05) is 18.4 Å². The van der Waals surface area contributed by atoms with Crippen LogP contribution in [0, 0.1) is 0 Å². The number of rotatable bonds is 7. The van der Waals surface area contributed by atoms with Gasteiger partial charge in [0.15, 0.2) is 11.2 Å². The molecule has 1 atom stereocenters. The molecule has 18 heavy (non-hydrogen) atoms. The third-order valence-electron chi connectivity index (χ3n) is 2.41. The zero-order chi connectivity index (χ0) is 13.4. The Morgan fingerprint density at radius 1 is 1.33 bits per heavy atom. The van der Waals surface area contributed by atoms with Crippen LogP contribution in [0.25, 0.3) is 0 Å². The van der Waals surface area contributed by atoms with Gasteiger partial charge in [-0.1, -0.05) is 41.6 Å². The molecule has 3 heteroatoms. The van der Waals surface area contributed by atoms with Crippen LogP contribution < -0.4 is 0 Å². The normalized spacial score (nSPS) is 11.9. The van der Waals surface area contributed by atoms with Crippen molar-refractivity contribution in [2.45, 2.75) is 37.0 Å². The maximum atomic E-state index is 12.0. The van der Waals surface area contributed by atoms with Crippen LogP contribution in [-0.2, 0) is 9.53 Å². The Morgan fingerprint density at radius 2 is 2.00 bits per heavy atom. The van der Waals surface area contributed by atoms with Gasteiger partial charge in [-0.25, -0.2) is 0 Å². The molecule has 0 aromatic heterocycles. The van der Waals surface area contributed by atoms with Crippen molar-refractivity contribution in [3.05, 3.63) is 42.0 Å². The average Bonchev–Trinajstić information content (AvgIpc) is 2.36. The van der Waals surface area contributed by atoms with Gasteiger partial charge >= 0.3 is 0 Å². The van der Waals surface area contributed by atoms with Gasteiger partial charge in [0.1, 0.15) is 0 Å². The lowest BCUT2D eigenvalue weighted by Crippen LogP contribution is -2.18. The van der Waals surface area contributed by atoms with Gasteiger partial charge in [-0.15, -0.1) is 0 Å². The number of hydrogen-bond acceptors (Lipinski definition) is 3. The van der Waals surface area contributed by atoms with E-state index >= 15 is 0 Å². The van der Waals surface area contributed by atoms with Crippen LogP contribution in [0.2, 0.25) is 0 Å². The summed E-state index contributed by atoms with van der Waals surface area (Å²) in [7, 11) is 1.58. The van der Waals surface area contributed by atoms with Crippen molar-refractivity contribution in [2.24, 2.45) is 0 Å². The third kappa shape index (κ3) is 5.52. The molecular formula is C15H20O2S. The van der Waals surface area contributed by atoms with Crippen molar-refractivity contribution < 1.29 is 9.53 Å². The zero-order valence-corrected chi connectivity index (χ0v) is 12.0. The second-order valence-corrected chi connectivity index (χ2v) is 5.42. The third-order valence-corrected chi connectivity index (χ3v) is 3.62. The van der Waals surface area contributed by atoms with Gasteiger partial charge in [-0.3, -0.25) is 4.79 Å². The second kappa shape index (κ2) is 8.11. The standard InChI is InChI=1S/C15H20O2S/c1-12(2)8-7-11-14(16)15(17-3)18-13-9-5-4-6-10-13/h4-6,8-10,15H,7,11H2,1-3H3. The summed E-state index contributed by atoms with van der Waals surface area (Å²) in [6.07, 6.45) is 3.40. The Balaban J connectivity index is 2.50. The van der Waals surface area contributed by atoms with E-state index in [1.54, 1.807) is 7.11 Å². The lowest BCUT2D eigenvalue weighted by atomic mass is 10.2. The number of Topliss-reactive ketones (excluding diaryl/α,β-unsaturated/α-hetero) is 1. The fourth-order valence-electron chi connectivity index (χ4n) is 1.49. The van der Waals surface area contributed by atoms with Crippen molar-refractivity contribution in [1.82, 2.24) is 0 Å². The van der Waals surface area contributed by atoms with E-state index < -0.39 is 5.44 Å². The van der Waals surface area contributed by atoms with E-state index in [0.29, 0.717) is 6.42 Å². The maximum absolute atomic E-state index is 12.0. The molecule has 1 aromatic carbocycles. The van der Waals surface area contributed by atoms with Crippen molar-refractivity contribution in [3.8, 4) is 0 Å². The van der Waals surface area contributed by atoms with Crippen LogP contribution >= 0.6 is 11.8 Å². The van der Waals surface area contributed by atoms with Gasteiger partial charge in [-0.2, -0.15) is 0 Å². The molecule has 0 bridgehead atoms. The van der Waals surface area contributed by atoms with E-state index in [2.05, 4.69) is 6.08 Å². The van der Waals surface area contributed by atoms with Crippen LogP contribution in [0.15, 0.2) is 46.9 Å². The van der Waals surface area contributed by atoms with Crippen LogP contribution in [0.3, 0.4) is 0 Å². The number of thioether (sulfide) groups is 1. The first kappa shape index (κ1) is 15.0. The van der Waals surface area contributed by atoms with Crippen LogP contribution in [-0.4, -0.2) is 18.3 Å². The molecule has 1 rings (SSSR count). The largest absolute Gasteiger partial charge is 0.363 e. The number of ketones is 1. The Labute approximate surface area is 113 Å². The summed E-state index contributed by atoms with van der Waals surface area (Å²) in [4.78, 5) is 13.0. The minimum atomic E-state index is -0.405. The van der Waals surface area contributed by atoms with E-state index in [1.807, 2.05) is 44.2 Å². The fraction of sp³-hybridized carbons (Fsp3) is 0.400. The number of allylic oxidation sites excluding steroid dienone is 2. The van der Waals surface area contributed by atoms with E-state index in [9.17, 15) is 4.79 Å². The molecule has 98 valence electrons. The Bertz CT molecular complexity index is 394. The first-order chi connectivity index (χ1) is 8.63. The Morgan fingerprint density at radius 3 is 2.56 bits per heavy atom. The number of ether oxygens (including phenoxy) is 1. The van der Waals surface area contributed by atoms with Crippen LogP contribution in [0.4, 0.5) is 0 Å². The monoisotopic (exact) mass is 264 g/mol. The highest BCUT2D eigenvalue weighted by atomic mass is 32.2. The van der Waals surface area contributed by atoms with Crippen molar-refractivity contribution in [3.63, 3.8) is 0 Å². The summed E-state index contributed by atoms with van der Waals surface area (Å²) >= 11 is 1.46. The van der Waals surface area contributed by atoms with Crippen LogP contribution in [0.5, 0.6) is 0 Å². The lowest BCUT2D eigenvalue weighted by Gasteiger charge is -2.13. The second-order valence-electron chi connectivity index (χ2n) is 4.28. The highest BCUT2D eigenvalue weighted by molar-refractivity contribution is 8.00. The topological polar surface area (TPSA) is 26.3 Å². The molecule has 0 saturated carbocycles. The lowest BCUT2D eigenvalue weighted by molar-refractivity contribution is -0.124. The zero-order valence-electron chi connectivity index (χ0n) is 11.2. The summed E-state index contributed by atoms with van der Waals surface area (Å²) < 4.78 is 5.27. The summed E-state index contributed by atoms with van der Waals surface area (Å²) in [6.45, 7) is 4.08. The Kier molecular flexibility index (Phi) is 6.76. The maximum Gasteiger partial charge on any atom is 0.172 e. The number of carbonyl (C=O) groups is 1. The van der Waals surface area contributed by atoms with Gasteiger partial charge in [-0.05, 0) is 32.4 Å². The van der Waals surface area contributed by atoms with Crippen LogP contribution in [0.1, 0.15) is 26.7 Å². The molecule has 0 aliphatic carbocycles. The fourth-order valence-corrected chi connectivity index (χ4v) is 2.40. The highest BCUT2D eigenvalue weighted by Crippen LogP contribution is 2.25. The van der Waals surface area contributed by atoms with Gasteiger partial charge in [0.25, 0.3) is 0 Å². The molecular weight excluding hydrogens is 244 g/mol. The number of methoxy groups -OCH3 is 1. The van der Waals surface area contributed by atoms with Crippen molar-refractivity contribution in [2.75, 3.05) is 7.11 Å². The Hall–Kier alpha value is -1.06. The summed E-state index contributed by atoms with van der Waals surface area (Å²) in [5.41, 5.74) is 0.838. The molecule has 0 saturated heterocycles. The molecule has 0 N–H and O–H groups in total. The summed E-state index contributed by atoms with van der Waals surface area (Å²) in [5, 5.41) is 0. The minimum Gasteiger partial charge on any atom is -0.363 e. The quantitative estimate of drug-likeness (QED) is 0.422. The van der Waals surface area contributed by atoms with Gasteiger partial charge in [0.05, 0.1) is 0 Å². The van der Waals surface area contributed by atoms with E-state index in [4.69, 9.17) is 4.74 Å². The van der Waals surface area contributed by atoms with E-state index in [0.717, 1.165) is 11.3 Å². The SMILES string of the molecule is COC(Sc1ccccc1)C(=O)CCC=C(C)C. The molecule has 0 aliphatic rings. The molecule has 1 aromatic rings. The molecule has 0 fully saturated rings. The molecule has 0 amide bonds. The molecule has 0 heterocycles. The predicted molar refractivity (Wildman–Crippen MR) is 76.8 cm³/mol. The van der Waals surface area contributed by atoms with Crippen molar-refractivity contribution >= 4 is 17.5 Å². The first-order valence-electron chi connectivity index (χ1n) is 6.04. The molecule has 0 spiro atoms. The van der Waals surface area contributed by atoms with Gasteiger partial charge in [0.2, 0.25) is 0 Å². The smallest absolute Gasteiger partial charge is 0.172 e. The van der Waals surface area contributed by atoms with Crippen molar-refractivity contribution in [1.29, 1.82) is 0 Å². The summed E-state index contributed by atoms with van der Waals surface area (Å²) in [5.74, 6) is 0.142.